The molecule has 0 aromatic carbocycles. The molecule has 0 rings (SSSR count). The van der Waals surface area contributed by atoms with Gasteiger partial charge in [0.1, 0.15) is 0 Å². The molecule has 0 radical (unpaired) electrons. The van der Waals surface area contributed by atoms with Crippen LogP contribution in [0, 0.1) is 0 Å². The molecule has 1 amide bonds. The van der Waals surface area contributed by atoms with Gasteiger partial charge in [-0.25, -0.2) is 0 Å². The average Bonchev–Trinajstić information content (AvgIpc) is 3.19. The molecule has 0 aliphatic rings. The molecule has 0 bridgehead atoms. The zero-order chi connectivity index (χ0) is 40.0. The van der Waals surface area contributed by atoms with Crippen molar-refractivity contribution in [3.05, 3.63) is 36.5 Å². The lowest BCUT2D eigenvalue weighted by Crippen LogP contribution is -2.45. The van der Waals surface area contributed by atoms with Crippen molar-refractivity contribution in [3.8, 4) is 0 Å². The highest BCUT2D eigenvalue weighted by atomic mass is 16.3. The van der Waals surface area contributed by atoms with Crippen molar-refractivity contribution >= 4 is 5.91 Å². The number of carbonyl (C=O) groups excluding carboxylic acids is 1. The molecule has 55 heavy (non-hydrogen) atoms. The molecule has 0 aliphatic heterocycles. The highest BCUT2D eigenvalue weighted by Crippen LogP contribution is 2.16. The first-order valence-electron chi connectivity index (χ1n) is 24.7. The fraction of sp³-hybridized carbons (Fsp3) is 0.863. The number of allylic oxidation sites excluding steroid dienone is 5. The second kappa shape index (κ2) is 47.0. The second-order valence-electron chi connectivity index (χ2n) is 16.9. The summed E-state index contributed by atoms with van der Waals surface area (Å²) in [6.07, 6.45) is 62.8. The normalized spacial score (nSPS) is 13.2. The Balaban J connectivity index is 3.54. The maximum atomic E-state index is 12.4. The number of amides is 1. The molecule has 0 fully saturated rings. The molecule has 0 saturated heterocycles. The van der Waals surface area contributed by atoms with Gasteiger partial charge in [0.15, 0.2) is 0 Å². The Morgan fingerprint density at radius 1 is 0.418 bits per heavy atom. The predicted molar refractivity (Wildman–Crippen MR) is 244 cm³/mol. The fourth-order valence-corrected chi connectivity index (χ4v) is 7.54. The molecule has 0 saturated carbocycles. The lowest BCUT2D eigenvalue weighted by molar-refractivity contribution is -0.123. The van der Waals surface area contributed by atoms with Gasteiger partial charge >= 0.3 is 0 Å². The van der Waals surface area contributed by atoms with Crippen LogP contribution in [0.2, 0.25) is 0 Å². The third-order valence-corrected chi connectivity index (χ3v) is 11.3. The van der Waals surface area contributed by atoms with E-state index < -0.39 is 12.1 Å². The summed E-state index contributed by atoms with van der Waals surface area (Å²) in [5.41, 5.74) is 0. The Bertz CT molecular complexity index is 836. The quantitative estimate of drug-likeness (QED) is 0.0426. The smallest absolute Gasteiger partial charge is 0.220 e. The van der Waals surface area contributed by atoms with E-state index in [0.29, 0.717) is 6.42 Å². The average molecular weight is 772 g/mol. The summed E-state index contributed by atoms with van der Waals surface area (Å²) in [5, 5.41) is 23.0. The van der Waals surface area contributed by atoms with E-state index in [2.05, 4.69) is 43.5 Å². The molecule has 0 spiro atoms. The van der Waals surface area contributed by atoms with Crippen LogP contribution in [0.4, 0.5) is 0 Å². The summed E-state index contributed by atoms with van der Waals surface area (Å²) < 4.78 is 0. The minimum absolute atomic E-state index is 0.0811. The number of aliphatic hydroxyl groups excluding tert-OH is 2. The summed E-state index contributed by atoms with van der Waals surface area (Å²) in [5.74, 6) is -0.0811. The Morgan fingerprint density at radius 2 is 0.709 bits per heavy atom. The van der Waals surface area contributed by atoms with Gasteiger partial charge in [-0.1, -0.05) is 237 Å². The number of aliphatic hydroxyl groups is 2. The summed E-state index contributed by atoms with van der Waals surface area (Å²) in [4.78, 5) is 12.4. The second-order valence-corrected chi connectivity index (χ2v) is 16.9. The van der Waals surface area contributed by atoms with E-state index in [1.54, 1.807) is 6.08 Å². The van der Waals surface area contributed by atoms with Crippen LogP contribution in [0.15, 0.2) is 36.5 Å². The van der Waals surface area contributed by atoms with Crippen molar-refractivity contribution in [2.75, 3.05) is 6.61 Å². The van der Waals surface area contributed by atoms with Gasteiger partial charge < -0.3 is 15.5 Å². The van der Waals surface area contributed by atoms with E-state index in [-0.39, 0.29) is 12.5 Å². The molecule has 4 heteroatoms. The standard InChI is InChI=1S/C51H97NO3/c1-3-5-7-9-11-13-15-17-19-20-21-22-23-24-25-26-27-28-29-30-31-33-34-36-38-40-42-44-46-50(54)49(48-53)52-51(55)47-45-43-41-39-37-35-32-18-16-14-12-10-8-6-4-2/h18,32,36,38,44,46,49-50,53-54H,3-17,19-31,33-35,37,39-43,45,47-48H2,1-2H3,(H,52,55)/b32-18-,38-36+,46-44+. The van der Waals surface area contributed by atoms with Gasteiger partial charge in [-0.05, 0) is 57.8 Å². The number of hydrogen-bond acceptors (Lipinski definition) is 3. The Morgan fingerprint density at radius 3 is 1.05 bits per heavy atom. The van der Waals surface area contributed by atoms with Crippen LogP contribution in [0.1, 0.15) is 264 Å². The van der Waals surface area contributed by atoms with Crippen LogP contribution in [0.25, 0.3) is 0 Å². The van der Waals surface area contributed by atoms with Gasteiger partial charge in [0.05, 0.1) is 18.8 Å². The molecule has 324 valence electrons. The molecule has 0 aromatic rings. The van der Waals surface area contributed by atoms with Gasteiger partial charge in [0, 0.05) is 6.42 Å². The Hall–Kier alpha value is -1.39. The molecule has 4 nitrogen and oxygen atoms in total. The largest absolute Gasteiger partial charge is 0.394 e. The molecule has 0 aliphatic carbocycles. The molecule has 0 aromatic heterocycles. The SMILES string of the molecule is CCCCCCCC/C=C\CCCCCCCC(=O)NC(CO)C(O)/C=C/CC/C=C/CCCCCCCCCCCCCCCCCCCCCCCC. The first kappa shape index (κ1) is 53.6. The van der Waals surface area contributed by atoms with E-state index in [9.17, 15) is 15.0 Å². The lowest BCUT2D eigenvalue weighted by atomic mass is 10.0. The highest BCUT2D eigenvalue weighted by molar-refractivity contribution is 5.76. The van der Waals surface area contributed by atoms with Gasteiger partial charge in [0.25, 0.3) is 0 Å². The molecule has 0 heterocycles. The van der Waals surface area contributed by atoms with Crippen molar-refractivity contribution in [3.63, 3.8) is 0 Å². The third kappa shape index (κ3) is 43.6. The summed E-state index contributed by atoms with van der Waals surface area (Å²) in [7, 11) is 0. The summed E-state index contributed by atoms with van der Waals surface area (Å²) >= 11 is 0. The van der Waals surface area contributed by atoms with Crippen LogP contribution in [-0.4, -0.2) is 34.9 Å². The van der Waals surface area contributed by atoms with E-state index in [1.165, 1.54) is 199 Å². The number of unbranched alkanes of at least 4 members (excludes halogenated alkanes) is 34. The molecule has 2 atom stereocenters. The molecule has 2 unspecified atom stereocenters. The number of hydrogen-bond donors (Lipinski definition) is 3. The molecular weight excluding hydrogens is 675 g/mol. The topological polar surface area (TPSA) is 69.6 Å². The zero-order valence-electron chi connectivity index (χ0n) is 37.2. The van der Waals surface area contributed by atoms with Crippen molar-refractivity contribution < 1.29 is 15.0 Å². The first-order chi connectivity index (χ1) is 27.2. The maximum Gasteiger partial charge on any atom is 0.220 e. The Kier molecular flexibility index (Phi) is 45.8. The fourth-order valence-electron chi connectivity index (χ4n) is 7.54. The van der Waals surface area contributed by atoms with E-state index in [0.717, 1.165) is 44.9 Å². The third-order valence-electron chi connectivity index (χ3n) is 11.3. The van der Waals surface area contributed by atoms with E-state index >= 15 is 0 Å². The van der Waals surface area contributed by atoms with Crippen molar-refractivity contribution in [1.29, 1.82) is 0 Å². The molecule has 3 N–H and O–H groups in total. The van der Waals surface area contributed by atoms with Crippen molar-refractivity contribution in [1.82, 2.24) is 5.32 Å². The van der Waals surface area contributed by atoms with Crippen molar-refractivity contribution in [2.45, 2.75) is 276 Å². The van der Waals surface area contributed by atoms with E-state index in [1.807, 2.05) is 6.08 Å². The van der Waals surface area contributed by atoms with Crippen LogP contribution >= 0.6 is 0 Å². The van der Waals surface area contributed by atoms with Gasteiger partial charge in [-0.2, -0.15) is 0 Å². The summed E-state index contributed by atoms with van der Waals surface area (Å²) in [6.45, 7) is 4.30. The first-order valence-corrected chi connectivity index (χ1v) is 24.7. The molecular formula is C51H97NO3. The van der Waals surface area contributed by atoms with Crippen LogP contribution < -0.4 is 5.32 Å². The number of nitrogens with one attached hydrogen (secondary N) is 1. The van der Waals surface area contributed by atoms with Gasteiger partial charge in [-0.3, -0.25) is 4.79 Å². The van der Waals surface area contributed by atoms with Gasteiger partial charge in [0.2, 0.25) is 5.91 Å². The van der Waals surface area contributed by atoms with Crippen LogP contribution in [0.5, 0.6) is 0 Å². The monoisotopic (exact) mass is 772 g/mol. The van der Waals surface area contributed by atoms with Crippen LogP contribution in [-0.2, 0) is 4.79 Å². The minimum atomic E-state index is -0.865. The lowest BCUT2D eigenvalue weighted by Gasteiger charge is -2.19. The number of carbonyl (C=O) groups is 1. The van der Waals surface area contributed by atoms with Crippen LogP contribution in [0.3, 0.4) is 0 Å². The summed E-state index contributed by atoms with van der Waals surface area (Å²) in [6, 6.07) is -0.642. The highest BCUT2D eigenvalue weighted by Gasteiger charge is 2.17. The Labute approximate surface area is 344 Å². The zero-order valence-corrected chi connectivity index (χ0v) is 37.2. The predicted octanol–water partition coefficient (Wildman–Crippen LogP) is 15.7. The maximum absolute atomic E-state index is 12.4. The van der Waals surface area contributed by atoms with Crippen molar-refractivity contribution in [2.24, 2.45) is 0 Å². The van der Waals surface area contributed by atoms with Gasteiger partial charge in [-0.15, -0.1) is 0 Å². The van der Waals surface area contributed by atoms with E-state index in [4.69, 9.17) is 0 Å². The number of rotatable bonds is 45. The minimum Gasteiger partial charge on any atom is -0.394 e.